The largest absolute Gasteiger partial charge is 0.497 e. The van der Waals surface area contributed by atoms with E-state index in [0.717, 1.165) is 22.1 Å². The van der Waals surface area contributed by atoms with Gasteiger partial charge in [0.2, 0.25) is 5.91 Å². The number of carboxylic acid groups (broad SMARTS) is 1. The van der Waals surface area contributed by atoms with Gasteiger partial charge in [0.1, 0.15) is 5.75 Å². The molecule has 1 fully saturated rings. The number of hydrogen-bond acceptors (Lipinski definition) is 4. The maximum atomic E-state index is 12.9. The topological polar surface area (TPSA) is 70.1 Å². The molecule has 2 aromatic rings. The Balaban J connectivity index is 1.62. The Labute approximate surface area is 165 Å². The highest BCUT2D eigenvalue weighted by atomic mass is 16.5. The molecule has 0 aliphatic carbocycles. The number of carboxylic acids is 1. The predicted octanol–water partition coefficient (Wildman–Crippen LogP) is 2.99. The summed E-state index contributed by atoms with van der Waals surface area (Å²) in [6.45, 7) is 3.74. The zero-order valence-electron chi connectivity index (χ0n) is 16.7. The van der Waals surface area contributed by atoms with Gasteiger partial charge in [0.25, 0.3) is 0 Å². The van der Waals surface area contributed by atoms with Crippen LogP contribution in [0.1, 0.15) is 25.3 Å². The molecule has 1 amide bonds. The van der Waals surface area contributed by atoms with E-state index < -0.39 is 5.97 Å². The molecule has 1 saturated heterocycles. The molecule has 3 rings (SSSR count). The van der Waals surface area contributed by atoms with E-state index in [4.69, 9.17) is 9.84 Å². The second-order valence-corrected chi connectivity index (χ2v) is 7.57. The van der Waals surface area contributed by atoms with Crippen LogP contribution in [0.2, 0.25) is 0 Å². The number of amides is 1. The Morgan fingerprint density at radius 1 is 1.18 bits per heavy atom. The van der Waals surface area contributed by atoms with Gasteiger partial charge in [-0.25, -0.2) is 0 Å². The minimum absolute atomic E-state index is 0.0589. The number of likely N-dealkylation sites (N-methyl/N-ethyl adjacent to an activating group) is 1. The van der Waals surface area contributed by atoms with Gasteiger partial charge in [0.15, 0.2) is 0 Å². The lowest BCUT2D eigenvalue weighted by molar-refractivity contribution is -0.144. The van der Waals surface area contributed by atoms with Crippen molar-refractivity contribution in [2.24, 2.45) is 5.92 Å². The zero-order valence-corrected chi connectivity index (χ0v) is 16.7. The lowest BCUT2D eigenvalue weighted by Gasteiger charge is -2.35. The van der Waals surface area contributed by atoms with Crippen molar-refractivity contribution in [3.05, 3.63) is 42.0 Å². The SMILES string of the molecule is COc1ccc2cc(CN(C)C(=O)C(C)N3CCC(C(=O)O)CC3)ccc2c1. The van der Waals surface area contributed by atoms with Gasteiger partial charge in [-0.3, -0.25) is 14.5 Å². The van der Waals surface area contributed by atoms with Crippen molar-refractivity contribution in [2.45, 2.75) is 32.4 Å². The summed E-state index contributed by atoms with van der Waals surface area (Å²) in [6.07, 6.45) is 1.20. The first kappa shape index (κ1) is 20.1. The van der Waals surface area contributed by atoms with E-state index in [1.807, 2.05) is 44.3 Å². The van der Waals surface area contributed by atoms with Crippen LogP contribution in [-0.4, -0.2) is 60.1 Å². The summed E-state index contributed by atoms with van der Waals surface area (Å²) >= 11 is 0. The Kier molecular flexibility index (Phi) is 6.19. The van der Waals surface area contributed by atoms with Gasteiger partial charge in [-0.1, -0.05) is 18.2 Å². The van der Waals surface area contributed by atoms with Crippen LogP contribution in [0.4, 0.5) is 0 Å². The molecule has 0 aromatic heterocycles. The monoisotopic (exact) mass is 384 g/mol. The van der Waals surface area contributed by atoms with Crippen LogP contribution in [0.3, 0.4) is 0 Å². The molecular formula is C22H28N2O4. The fourth-order valence-electron chi connectivity index (χ4n) is 3.86. The molecule has 1 N–H and O–H groups in total. The van der Waals surface area contributed by atoms with Crippen molar-refractivity contribution < 1.29 is 19.4 Å². The third kappa shape index (κ3) is 4.44. The standard InChI is InChI=1S/C22H28N2O4/c1-15(24-10-8-17(9-11-24)22(26)27)21(25)23(2)14-16-4-5-19-13-20(28-3)7-6-18(19)12-16/h4-7,12-13,15,17H,8-11,14H2,1-3H3,(H,26,27). The minimum Gasteiger partial charge on any atom is -0.497 e. The molecule has 0 spiro atoms. The van der Waals surface area contributed by atoms with E-state index in [2.05, 4.69) is 11.0 Å². The molecule has 0 radical (unpaired) electrons. The fourth-order valence-corrected chi connectivity index (χ4v) is 3.86. The number of rotatable bonds is 6. The third-order valence-corrected chi connectivity index (χ3v) is 5.69. The fraction of sp³-hybridized carbons (Fsp3) is 0.455. The van der Waals surface area contributed by atoms with Crippen molar-refractivity contribution in [3.63, 3.8) is 0 Å². The lowest BCUT2D eigenvalue weighted by atomic mass is 9.96. The van der Waals surface area contributed by atoms with E-state index in [0.29, 0.717) is 32.5 Å². The number of methoxy groups -OCH3 is 1. The highest BCUT2D eigenvalue weighted by Crippen LogP contribution is 2.23. The summed E-state index contributed by atoms with van der Waals surface area (Å²) in [4.78, 5) is 27.8. The third-order valence-electron chi connectivity index (χ3n) is 5.69. The molecule has 150 valence electrons. The molecule has 1 atom stereocenters. The zero-order chi connectivity index (χ0) is 20.3. The first-order chi connectivity index (χ1) is 13.4. The number of ether oxygens (including phenoxy) is 1. The lowest BCUT2D eigenvalue weighted by Crippen LogP contribution is -2.49. The van der Waals surface area contributed by atoms with E-state index in [1.165, 1.54) is 0 Å². The van der Waals surface area contributed by atoms with Gasteiger partial charge < -0.3 is 14.7 Å². The molecule has 1 unspecified atom stereocenters. The highest BCUT2D eigenvalue weighted by Gasteiger charge is 2.30. The van der Waals surface area contributed by atoms with Crippen molar-refractivity contribution in [1.29, 1.82) is 0 Å². The molecule has 0 bridgehead atoms. The van der Waals surface area contributed by atoms with Gasteiger partial charge >= 0.3 is 5.97 Å². The smallest absolute Gasteiger partial charge is 0.306 e. The molecule has 6 nitrogen and oxygen atoms in total. The maximum Gasteiger partial charge on any atom is 0.306 e. The van der Waals surface area contributed by atoms with E-state index in [1.54, 1.807) is 12.0 Å². The van der Waals surface area contributed by atoms with E-state index >= 15 is 0 Å². The number of carbonyl (C=O) groups is 2. The first-order valence-corrected chi connectivity index (χ1v) is 9.67. The van der Waals surface area contributed by atoms with Gasteiger partial charge in [-0.2, -0.15) is 0 Å². The average molecular weight is 384 g/mol. The van der Waals surface area contributed by atoms with Crippen LogP contribution in [0, 0.1) is 5.92 Å². The van der Waals surface area contributed by atoms with Crippen LogP contribution in [0.15, 0.2) is 36.4 Å². The van der Waals surface area contributed by atoms with Crippen LogP contribution >= 0.6 is 0 Å². The summed E-state index contributed by atoms with van der Waals surface area (Å²) < 4.78 is 5.26. The van der Waals surface area contributed by atoms with Crippen molar-refractivity contribution in [1.82, 2.24) is 9.80 Å². The summed E-state index contributed by atoms with van der Waals surface area (Å²) in [5.74, 6) is -0.131. The molecular weight excluding hydrogens is 356 g/mol. The molecule has 6 heteroatoms. The Morgan fingerprint density at radius 2 is 1.82 bits per heavy atom. The highest BCUT2D eigenvalue weighted by molar-refractivity contribution is 5.85. The Bertz CT molecular complexity index is 859. The van der Waals surface area contributed by atoms with Crippen LogP contribution < -0.4 is 4.74 Å². The number of hydrogen-bond donors (Lipinski definition) is 1. The molecule has 2 aromatic carbocycles. The summed E-state index contributed by atoms with van der Waals surface area (Å²) in [5.41, 5.74) is 1.07. The normalized spacial score (nSPS) is 16.7. The predicted molar refractivity (Wildman–Crippen MR) is 108 cm³/mol. The van der Waals surface area contributed by atoms with Gasteiger partial charge in [0, 0.05) is 13.6 Å². The van der Waals surface area contributed by atoms with Crippen LogP contribution in [0.5, 0.6) is 5.75 Å². The maximum absolute atomic E-state index is 12.9. The number of benzene rings is 2. The second kappa shape index (κ2) is 8.61. The number of aliphatic carboxylic acids is 1. The van der Waals surface area contributed by atoms with Crippen LogP contribution in [0.25, 0.3) is 10.8 Å². The molecule has 28 heavy (non-hydrogen) atoms. The van der Waals surface area contributed by atoms with E-state index in [-0.39, 0.29) is 17.9 Å². The van der Waals surface area contributed by atoms with Gasteiger partial charge in [0.05, 0.1) is 19.1 Å². The summed E-state index contributed by atoms with van der Waals surface area (Å²) in [6, 6.07) is 11.9. The summed E-state index contributed by atoms with van der Waals surface area (Å²) in [5, 5.41) is 11.3. The second-order valence-electron chi connectivity index (χ2n) is 7.57. The minimum atomic E-state index is -0.732. The first-order valence-electron chi connectivity index (χ1n) is 9.67. The number of piperidine rings is 1. The Hall–Kier alpha value is -2.60. The quantitative estimate of drug-likeness (QED) is 0.829. The number of fused-ring (bicyclic) bond motifs is 1. The number of carbonyl (C=O) groups excluding carboxylic acids is 1. The average Bonchev–Trinajstić information content (AvgIpc) is 2.72. The number of likely N-dealkylation sites (tertiary alicyclic amines) is 1. The molecule has 0 saturated carbocycles. The van der Waals surface area contributed by atoms with Crippen molar-refractivity contribution in [2.75, 3.05) is 27.2 Å². The van der Waals surface area contributed by atoms with E-state index in [9.17, 15) is 9.59 Å². The van der Waals surface area contributed by atoms with Crippen molar-refractivity contribution >= 4 is 22.6 Å². The summed E-state index contributed by atoms with van der Waals surface area (Å²) in [7, 11) is 3.47. The van der Waals surface area contributed by atoms with Gasteiger partial charge in [-0.15, -0.1) is 0 Å². The van der Waals surface area contributed by atoms with Crippen molar-refractivity contribution in [3.8, 4) is 5.75 Å². The molecule has 1 aliphatic heterocycles. The van der Waals surface area contributed by atoms with Gasteiger partial charge in [-0.05, 0) is 67.4 Å². The molecule has 1 aliphatic rings. The Morgan fingerprint density at radius 3 is 2.46 bits per heavy atom. The molecule has 1 heterocycles. The number of nitrogens with zero attached hydrogens (tertiary/aromatic N) is 2. The van der Waals surface area contributed by atoms with Crippen LogP contribution in [-0.2, 0) is 16.1 Å².